The number of nitrogens with two attached hydrogens (primary N) is 1. The maximum absolute atomic E-state index is 11.4. The van der Waals surface area contributed by atoms with Crippen molar-refractivity contribution in [1.82, 2.24) is 0 Å². The first-order valence-electron chi connectivity index (χ1n) is 5.39. The van der Waals surface area contributed by atoms with Crippen LogP contribution in [0.1, 0.15) is 19.8 Å². The second-order valence-electron chi connectivity index (χ2n) is 3.71. The summed E-state index contributed by atoms with van der Waals surface area (Å²) in [5.41, 5.74) is 0.470. The minimum atomic E-state index is -3.84. The summed E-state index contributed by atoms with van der Waals surface area (Å²) in [5, 5.41) is 7.68. The average Bonchev–Trinajstić information content (AvgIpc) is 2.27. The van der Waals surface area contributed by atoms with Crippen molar-refractivity contribution in [2.45, 2.75) is 24.7 Å². The van der Waals surface area contributed by atoms with Crippen LogP contribution >= 0.6 is 0 Å². The Morgan fingerprint density at radius 3 is 2.61 bits per heavy atom. The highest BCUT2D eigenvalue weighted by atomic mass is 32.2. The number of methoxy groups -OCH3 is 1. The Bertz CT molecular complexity index is 540. The number of primary sulfonamides is 1. The molecule has 3 N–H and O–H groups in total. The van der Waals surface area contributed by atoms with Gasteiger partial charge >= 0.3 is 0 Å². The van der Waals surface area contributed by atoms with Crippen LogP contribution in [0.15, 0.2) is 23.1 Å². The van der Waals surface area contributed by atoms with E-state index in [9.17, 15) is 13.2 Å². The normalized spacial score (nSPS) is 11.1. The number of amides is 1. The van der Waals surface area contributed by atoms with E-state index in [4.69, 9.17) is 9.88 Å². The van der Waals surface area contributed by atoms with Crippen molar-refractivity contribution in [3.8, 4) is 5.75 Å². The van der Waals surface area contributed by atoms with Gasteiger partial charge in [-0.2, -0.15) is 0 Å². The van der Waals surface area contributed by atoms with Gasteiger partial charge in [-0.15, -0.1) is 0 Å². The molecule has 6 nitrogen and oxygen atoms in total. The van der Waals surface area contributed by atoms with Gasteiger partial charge in [0, 0.05) is 18.2 Å². The molecule has 1 aromatic carbocycles. The molecule has 0 aromatic heterocycles. The zero-order chi connectivity index (χ0) is 13.8. The van der Waals surface area contributed by atoms with E-state index in [-0.39, 0.29) is 16.6 Å². The summed E-state index contributed by atoms with van der Waals surface area (Å²) in [4.78, 5) is 11.3. The van der Waals surface area contributed by atoms with Crippen molar-refractivity contribution in [2.24, 2.45) is 5.14 Å². The molecule has 18 heavy (non-hydrogen) atoms. The van der Waals surface area contributed by atoms with Crippen LogP contribution in [0.5, 0.6) is 5.75 Å². The van der Waals surface area contributed by atoms with Crippen molar-refractivity contribution in [1.29, 1.82) is 0 Å². The molecule has 1 rings (SSSR count). The molecular formula is C11H16N2O4S. The van der Waals surface area contributed by atoms with Crippen molar-refractivity contribution in [3.63, 3.8) is 0 Å². The standard InChI is InChI=1S/C11H16N2O4S/c1-3-4-11(14)13-8-5-6-10(18(12,15)16)9(7-8)17-2/h5-7H,3-4H2,1-2H3,(H,13,14)(H2,12,15,16). The molecule has 0 aliphatic carbocycles. The summed E-state index contributed by atoms with van der Waals surface area (Å²) in [6, 6.07) is 4.19. The SMILES string of the molecule is CCCC(=O)Nc1ccc(S(N)(=O)=O)c(OC)c1. The number of sulfonamides is 1. The number of benzene rings is 1. The Balaban J connectivity index is 3.03. The quantitative estimate of drug-likeness (QED) is 0.837. The molecule has 0 atom stereocenters. The van der Waals surface area contributed by atoms with Gasteiger partial charge in [-0.1, -0.05) is 6.92 Å². The number of hydrogen-bond acceptors (Lipinski definition) is 4. The highest BCUT2D eigenvalue weighted by Crippen LogP contribution is 2.26. The van der Waals surface area contributed by atoms with E-state index in [2.05, 4.69) is 5.32 Å². The topological polar surface area (TPSA) is 98.5 Å². The number of ether oxygens (including phenoxy) is 1. The Morgan fingerprint density at radius 1 is 1.44 bits per heavy atom. The van der Waals surface area contributed by atoms with Gasteiger partial charge in [0.1, 0.15) is 10.6 Å². The van der Waals surface area contributed by atoms with Crippen LogP contribution in [0.25, 0.3) is 0 Å². The van der Waals surface area contributed by atoms with Crippen LogP contribution in [0.4, 0.5) is 5.69 Å². The van der Waals surface area contributed by atoms with E-state index < -0.39 is 10.0 Å². The van der Waals surface area contributed by atoms with Crippen LogP contribution < -0.4 is 15.2 Å². The molecule has 0 saturated carbocycles. The molecule has 1 aromatic rings. The smallest absolute Gasteiger partial charge is 0.241 e. The third-order valence-electron chi connectivity index (χ3n) is 2.23. The summed E-state index contributed by atoms with van der Waals surface area (Å²) in [5.74, 6) is -0.0327. The third-order valence-corrected chi connectivity index (χ3v) is 3.18. The maximum Gasteiger partial charge on any atom is 0.241 e. The third kappa shape index (κ3) is 3.71. The van der Waals surface area contributed by atoms with E-state index in [1.165, 1.54) is 25.3 Å². The fourth-order valence-corrected chi connectivity index (χ4v) is 2.11. The molecule has 0 unspecified atom stereocenters. The molecule has 0 spiro atoms. The Labute approximate surface area is 106 Å². The zero-order valence-corrected chi connectivity index (χ0v) is 11.1. The molecule has 0 aliphatic rings. The second-order valence-corrected chi connectivity index (χ2v) is 5.24. The van der Waals surface area contributed by atoms with Crippen molar-refractivity contribution in [2.75, 3.05) is 12.4 Å². The molecule has 0 radical (unpaired) electrons. The van der Waals surface area contributed by atoms with Crippen LogP contribution in [-0.4, -0.2) is 21.4 Å². The number of anilines is 1. The number of carbonyl (C=O) groups is 1. The van der Waals surface area contributed by atoms with E-state index in [1.54, 1.807) is 0 Å². The Hall–Kier alpha value is -1.60. The van der Waals surface area contributed by atoms with Crippen LogP contribution in [-0.2, 0) is 14.8 Å². The first kappa shape index (κ1) is 14.5. The van der Waals surface area contributed by atoms with Crippen LogP contribution in [0, 0.1) is 0 Å². The van der Waals surface area contributed by atoms with Gasteiger partial charge < -0.3 is 10.1 Å². The summed E-state index contributed by atoms with van der Waals surface area (Å²) < 4.78 is 27.5. The molecule has 1 amide bonds. The molecule has 0 saturated heterocycles. The van der Waals surface area contributed by atoms with E-state index in [0.29, 0.717) is 12.1 Å². The number of carbonyl (C=O) groups excluding carboxylic acids is 1. The highest BCUT2D eigenvalue weighted by molar-refractivity contribution is 7.89. The van der Waals surface area contributed by atoms with Gasteiger partial charge in [0.05, 0.1) is 7.11 Å². The summed E-state index contributed by atoms with van der Waals surface area (Å²) in [7, 11) is -2.50. The lowest BCUT2D eigenvalue weighted by atomic mass is 10.2. The fraction of sp³-hybridized carbons (Fsp3) is 0.364. The minimum absolute atomic E-state index is 0.104. The zero-order valence-electron chi connectivity index (χ0n) is 10.3. The van der Waals surface area contributed by atoms with Gasteiger partial charge in [0.15, 0.2) is 0 Å². The van der Waals surface area contributed by atoms with Crippen LogP contribution in [0.3, 0.4) is 0 Å². The molecule has 0 bridgehead atoms. The first-order valence-corrected chi connectivity index (χ1v) is 6.93. The summed E-state index contributed by atoms with van der Waals surface area (Å²) in [6.45, 7) is 1.89. The van der Waals surface area contributed by atoms with Gasteiger partial charge in [0.2, 0.25) is 15.9 Å². The summed E-state index contributed by atoms with van der Waals surface area (Å²) >= 11 is 0. The predicted molar refractivity (Wildman–Crippen MR) is 67.9 cm³/mol. The van der Waals surface area contributed by atoms with E-state index >= 15 is 0 Å². The lowest BCUT2D eigenvalue weighted by molar-refractivity contribution is -0.116. The second kappa shape index (κ2) is 5.83. The Morgan fingerprint density at radius 2 is 2.11 bits per heavy atom. The minimum Gasteiger partial charge on any atom is -0.495 e. The van der Waals surface area contributed by atoms with Crippen molar-refractivity contribution >= 4 is 21.6 Å². The van der Waals surface area contributed by atoms with Crippen LogP contribution in [0.2, 0.25) is 0 Å². The molecule has 7 heteroatoms. The van der Waals surface area contributed by atoms with Crippen molar-refractivity contribution < 1.29 is 17.9 Å². The monoisotopic (exact) mass is 272 g/mol. The molecular weight excluding hydrogens is 256 g/mol. The van der Waals surface area contributed by atoms with Gasteiger partial charge in [-0.25, -0.2) is 13.6 Å². The maximum atomic E-state index is 11.4. The van der Waals surface area contributed by atoms with Crippen molar-refractivity contribution in [3.05, 3.63) is 18.2 Å². The molecule has 100 valence electrons. The largest absolute Gasteiger partial charge is 0.495 e. The molecule has 0 fully saturated rings. The first-order chi connectivity index (χ1) is 8.38. The Kier molecular flexibility index (Phi) is 4.69. The highest BCUT2D eigenvalue weighted by Gasteiger charge is 2.15. The van der Waals surface area contributed by atoms with Gasteiger partial charge in [-0.05, 0) is 18.6 Å². The molecule has 0 heterocycles. The van der Waals surface area contributed by atoms with Gasteiger partial charge in [-0.3, -0.25) is 4.79 Å². The lowest BCUT2D eigenvalue weighted by Gasteiger charge is -2.10. The number of nitrogens with one attached hydrogen (secondary N) is 1. The van der Waals surface area contributed by atoms with E-state index in [0.717, 1.165) is 6.42 Å². The summed E-state index contributed by atoms with van der Waals surface area (Å²) in [6.07, 6.45) is 1.14. The van der Waals surface area contributed by atoms with Gasteiger partial charge in [0.25, 0.3) is 0 Å². The number of rotatable bonds is 5. The number of hydrogen-bond donors (Lipinski definition) is 2. The average molecular weight is 272 g/mol. The molecule has 0 aliphatic heterocycles. The van der Waals surface area contributed by atoms with E-state index in [1.807, 2.05) is 6.92 Å². The predicted octanol–water partition coefficient (Wildman–Crippen LogP) is 1.08. The fourth-order valence-electron chi connectivity index (χ4n) is 1.43. The lowest BCUT2D eigenvalue weighted by Crippen LogP contribution is -2.14.